The second-order valence-electron chi connectivity index (χ2n) is 3.61. The van der Waals surface area contributed by atoms with E-state index in [2.05, 4.69) is 17.2 Å². The molecule has 0 saturated carbocycles. The standard InChI is InChI=1S/C12H13ClN2O/c1-9-4-5-14-6-10(9)7-15-8-11-2-3-12(13)16-11/h2-6,15H,7-8H2,1H3. The van der Waals surface area contributed by atoms with E-state index in [1.54, 1.807) is 12.3 Å². The van der Waals surface area contributed by atoms with Gasteiger partial charge in [-0.15, -0.1) is 0 Å². The molecule has 0 spiro atoms. The van der Waals surface area contributed by atoms with E-state index in [1.807, 2.05) is 18.3 Å². The third-order valence-corrected chi connectivity index (χ3v) is 2.59. The Hall–Kier alpha value is -1.32. The Kier molecular flexibility index (Phi) is 3.59. The highest BCUT2D eigenvalue weighted by Gasteiger charge is 2.00. The first-order valence-corrected chi connectivity index (χ1v) is 5.48. The summed E-state index contributed by atoms with van der Waals surface area (Å²) in [7, 11) is 0. The van der Waals surface area contributed by atoms with Crippen molar-refractivity contribution >= 4 is 11.6 Å². The smallest absolute Gasteiger partial charge is 0.193 e. The highest BCUT2D eigenvalue weighted by Crippen LogP contribution is 2.13. The van der Waals surface area contributed by atoms with Gasteiger partial charge in [-0.1, -0.05) is 0 Å². The maximum atomic E-state index is 5.68. The SMILES string of the molecule is Cc1ccncc1CNCc1ccc(Cl)o1. The van der Waals surface area contributed by atoms with Crippen LogP contribution in [0.4, 0.5) is 0 Å². The molecule has 2 rings (SSSR count). The van der Waals surface area contributed by atoms with Crippen LogP contribution in [0.5, 0.6) is 0 Å². The molecule has 3 nitrogen and oxygen atoms in total. The van der Waals surface area contributed by atoms with Crippen LogP contribution >= 0.6 is 11.6 Å². The lowest BCUT2D eigenvalue weighted by Crippen LogP contribution is -2.13. The summed E-state index contributed by atoms with van der Waals surface area (Å²) < 4.78 is 5.24. The van der Waals surface area contributed by atoms with Crippen molar-refractivity contribution in [3.05, 3.63) is 52.7 Å². The normalized spacial score (nSPS) is 10.6. The highest BCUT2D eigenvalue weighted by molar-refractivity contribution is 6.28. The predicted molar refractivity (Wildman–Crippen MR) is 63.2 cm³/mol. The van der Waals surface area contributed by atoms with Crippen molar-refractivity contribution < 1.29 is 4.42 Å². The summed E-state index contributed by atoms with van der Waals surface area (Å²) in [6.45, 7) is 3.52. The number of pyridine rings is 1. The highest BCUT2D eigenvalue weighted by atomic mass is 35.5. The zero-order valence-corrected chi connectivity index (χ0v) is 9.79. The zero-order chi connectivity index (χ0) is 11.4. The maximum Gasteiger partial charge on any atom is 0.193 e. The van der Waals surface area contributed by atoms with E-state index in [9.17, 15) is 0 Å². The van der Waals surface area contributed by atoms with Gasteiger partial charge < -0.3 is 9.73 Å². The molecule has 84 valence electrons. The van der Waals surface area contributed by atoms with Gasteiger partial charge in [0, 0.05) is 18.9 Å². The number of nitrogens with zero attached hydrogens (tertiary/aromatic N) is 1. The molecule has 0 aromatic carbocycles. The van der Waals surface area contributed by atoms with Gasteiger partial charge in [0.25, 0.3) is 0 Å². The Morgan fingerprint density at radius 3 is 2.88 bits per heavy atom. The van der Waals surface area contributed by atoms with Crippen LogP contribution in [0.15, 0.2) is 35.0 Å². The van der Waals surface area contributed by atoms with Gasteiger partial charge in [0.15, 0.2) is 5.22 Å². The molecule has 0 atom stereocenters. The van der Waals surface area contributed by atoms with Crippen LogP contribution in [0.1, 0.15) is 16.9 Å². The van der Waals surface area contributed by atoms with Crippen LogP contribution in [-0.2, 0) is 13.1 Å². The molecular weight excluding hydrogens is 224 g/mol. The molecule has 16 heavy (non-hydrogen) atoms. The van der Waals surface area contributed by atoms with Crippen LogP contribution in [0.25, 0.3) is 0 Å². The summed E-state index contributed by atoms with van der Waals surface area (Å²) in [6.07, 6.45) is 3.67. The fourth-order valence-corrected chi connectivity index (χ4v) is 1.61. The molecule has 0 radical (unpaired) electrons. The molecule has 2 heterocycles. The minimum absolute atomic E-state index is 0.425. The van der Waals surface area contributed by atoms with Gasteiger partial charge in [0.05, 0.1) is 6.54 Å². The van der Waals surface area contributed by atoms with E-state index in [1.165, 1.54) is 11.1 Å². The minimum atomic E-state index is 0.425. The molecule has 0 amide bonds. The molecule has 0 saturated heterocycles. The topological polar surface area (TPSA) is 38.1 Å². The summed E-state index contributed by atoms with van der Waals surface area (Å²) in [5.41, 5.74) is 2.43. The van der Waals surface area contributed by atoms with E-state index in [-0.39, 0.29) is 0 Å². The van der Waals surface area contributed by atoms with E-state index >= 15 is 0 Å². The fraction of sp³-hybridized carbons (Fsp3) is 0.250. The number of halogens is 1. The quantitative estimate of drug-likeness (QED) is 0.887. The molecule has 1 N–H and O–H groups in total. The van der Waals surface area contributed by atoms with Gasteiger partial charge in [-0.05, 0) is 47.9 Å². The largest absolute Gasteiger partial charge is 0.448 e. The number of rotatable bonds is 4. The van der Waals surface area contributed by atoms with Crippen molar-refractivity contribution in [2.75, 3.05) is 0 Å². The maximum absolute atomic E-state index is 5.68. The summed E-state index contributed by atoms with van der Waals surface area (Å²) in [4.78, 5) is 4.09. The van der Waals surface area contributed by atoms with Crippen molar-refractivity contribution in [1.82, 2.24) is 10.3 Å². The zero-order valence-electron chi connectivity index (χ0n) is 9.03. The monoisotopic (exact) mass is 236 g/mol. The van der Waals surface area contributed by atoms with E-state index in [4.69, 9.17) is 16.0 Å². The van der Waals surface area contributed by atoms with Crippen LogP contribution in [-0.4, -0.2) is 4.98 Å². The Morgan fingerprint density at radius 2 is 2.19 bits per heavy atom. The van der Waals surface area contributed by atoms with Gasteiger partial charge in [0.2, 0.25) is 0 Å². The Bertz CT molecular complexity index is 468. The molecule has 0 bridgehead atoms. The predicted octanol–water partition coefficient (Wildman–Crippen LogP) is 2.93. The second-order valence-corrected chi connectivity index (χ2v) is 3.98. The second kappa shape index (κ2) is 5.14. The number of hydrogen-bond acceptors (Lipinski definition) is 3. The summed E-state index contributed by atoms with van der Waals surface area (Å²) in [5.74, 6) is 0.839. The first-order chi connectivity index (χ1) is 7.75. The third-order valence-electron chi connectivity index (χ3n) is 2.39. The molecular formula is C12H13ClN2O. The molecule has 0 unspecified atom stereocenters. The average Bonchev–Trinajstić information content (AvgIpc) is 2.67. The van der Waals surface area contributed by atoms with E-state index in [0.29, 0.717) is 11.8 Å². The van der Waals surface area contributed by atoms with E-state index < -0.39 is 0 Å². The van der Waals surface area contributed by atoms with Crippen molar-refractivity contribution in [3.63, 3.8) is 0 Å². The number of nitrogens with one attached hydrogen (secondary N) is 1. The molecule has 0 aliphatic rings. The van der Waals surface area contributed by atoms with Crippen molar-refractivity contribution in [2.45, 2.75) is 20.0 Å². The van der Waals surface area contributed by atoms with E-state index in [0.717, 1.165) is 12.3 Å². The summed E-state index contributed by atoms with van der Waals surface area (Å²) in [6, 6.07) is 5.61. The van der Waals surface area contributed by atoms with Crippen LogP contribution in [0.3, 0.4) is 0 Å². The number of furan rings is 1. The molecule has 0 fully saturated rings. The summed E-state index contributed by atoms with van der Waals surface area (Å²) >= 11 is 5.68. The molecule has 4 heteroatoms. The van der Waals surface area contributed by atoms with Crippen molar-refractivity contribution in [3.8, 4) is 0 Å². The first kappa shape index (κ1) is 11.2. The Balaban J connectivity index is 1.87. The van der Waals surface area contributed by atoms with Crippen LogP contribution < -0.4 is 5.32 Å². The van der Waals surface area contributed by atoms with Crippen molar-refractivity contribution in [1.29, 1.82) is 0 Å². The minimum Gasteiger partial charge on any atom is -0.448 e. The lowest BCUT2D eigenvalue weighted by Gasteiger charge is -2.05. The van der Waals surface area contributed by atoms with Gasteiger partial charge in [-0.2, -0.15) is 0 Å². The molecule has 2 aromatic heterocycles. The first-order valence-electron chi connectivity index (χ1n) is 5.10. The fourth-order valence-electron chi connectivity index (χ4n) is 1.45. The lowest BCUT2D eigenvalue weighted by molar-refractivity contribution is 0.484. The molecule has 0 aliphatic carbocycles. The van der Waals surface area contributed by atoms with Gasteiger partial charge in [-0.25, -0.2) is 0 Å². The molecule has 0 aliphatic heterocycles. The summed E-state index contributed by atoms with van der Waals surface area (Å²) in [5, 5.41) is 3.71. The third kappa shape index (κ3) is 2.84. The average molecular weight is 237 g/mol. The van der Waals surface area contributed by atoms with Gasteiger partial charge in [0.1, 0.15) is 5.76 Å². The lowest BCUT2D eigenvalue weighted by atomic mass is 10.1. The number of aryl methyl sites for hydroxylation is 1. The number of hydrogen-bond donors (Lipinski definition) is 1. The molecule has 2 aromatic rings. The van der Waals surface area contributed by atoms with Crippen LogP contribution in [0, 0.1) is 6.92 Å². The van der Waals surface area contributed by atoms with Crippen molar-refractivity contribution in [2.24, 2.45) is 0 Å². The van der Waals surface area contributed by atoms with Gasteiger partial charge >= 0.3 is 0 Å². The Morgan fingerprint density at radius 1 is 1.31 bits per heavy atom. The Labute approximate surface area is 99.5 Å². The van der Waals surface area contributed by atoms with Crippen LogP contribution in [0.2, 0.25) is 5.22 Å². The van der Waals surface area contributed by atoms with Gasteiger partial charge in [-0.3, -0.25) is 4.98 Å². The number of aromatic nitrogens is 1.